The molecule has 172 valence electrons. The second-order valence-electron chi connectivity index (χ2n) is 8.00. The minimum Gasteiger partial charge on any atom is -0.366 e. The number of hydrogen-bond acceptors (Lipinski definition) is 6. The van der Waals surface area contributed by atoms with Gasteiger partial charge in [0.1, 0.15) is 11.6 Å². The first-order chi connectivity index (χ1) is 15.9. The Morgan fingerprint density at radius 3 is 2.36 bits per heavy atom. The standard InChI is InChI=1S/C24H26F2N6O/c1-30(23(33)13-27)16-17-3-2-4-18(11-17)19-14-28-24(29-15-19)32-9-7-31(8-10-32)22-6-5-20(25)12-21(22)26/h2-6,11-12,14-15H,7-10,13,16,27H2,1H3. The Morgan fingerprint density at radius 1 is 1.00 bits per heavy atom. The van der Waals surface area contributed by atoms with Gasteiger partial charge < -0.3 is 20.4 Å². The van der Waals surface area contributed by atoms with Crippen LogP contribution >= 0.6 is 0 Å². The van der Waals surface area contributed by atoms with Gasteiger partial charge in [0.25, 0.3) is 0 Å². The average Bonchev–Trinajstić information content (AvgIpc) is 2.84. The van der Waals surface area contributed by atoms with Crippen LogP contribution in [0, 0.1) is 11.6 Å². The molecule has 3 aromatic rings. The van der Waals surface area contributed by atoms with Crippen molar-refractivity contribution in [3.05, 3.63) is 72.1 Å². The first kappa shape index (κ1) is 22.6. The van der Waals surface area contributed by atoms with Crippen LogP contribution in [-0.4, -0.2) is 60.5 Å². The maximum atomic E-state index is 14.1. The highest BCUT2D eigenvalue weighted by Crippen LogP contribution is 2.24. The number of hydrogen-bond donors (Lipinski definition) is 1. The summed E-state index contributed by atoms with van der Waals surface area (Å²) in [6.45, 7) is 2.90. The lowest BCUT2D eigenvalue weighted by molar-refractivity contribution is -0.128. The van der Waals surface area contributed by atoms with E-state index in [4.69, 9.17) is 5.73 Å². The van der Waals surface area contributed by atoms with E-state index in [1.54, 1.807) is 24.3 Å². The molecule has 0 radical (unpaired) electrons. The third kappa shape index (κ3) is 5.25. The van der Waals surface area contributed by atoms with Crippen LogP contribution < -0.4 is 15.5 Å². The van der Waals surface area contributed by atoms with Crippen LogP contribution in [0.5, 0.6) is 0 Å². The molecule has 0 saturated carbocycles. The average molecular weight is 453 g/mol. The Kier molecular flexibility index (Phi) is 6.79. The summed E-state index contributed by atoms with van der Waals surface area (Å²) >= 11 is 0. The van der Waals surface area contributed by atoms with Crippen molar-refractivity contribution in [1.82, 2.24) is 14.9 Å². The Balaban J connectivity index is 1.40. The van der Waals surface area contributed by atoms with Crippen molar-refractivity contribution in [2.75, 3.05) is 49.6 Å². The number of benzene rings is 2. The van der Waals surface area contributed by atoms with Gasteiger partial charge in [0.05, 0.1) is 12.2 Å². The Bertz CT molecular complexity index is 1120. The van der Waals surface area contributed by atoms with Gasteiger partial charge in [-0.1, -0.05) is 18.2 Å². The number of anilines is 2. The normalized spacial score (nSPS) is 13.8. The summed E-state index contributed by atoms with van der Waals surface area (Å²) in [5.41, 5.74) is 8.66. The summed E-state index contributed by atoms with van der Waals surface area (Å²) in [6.07, 6.45) is 3.56. The van der Waals surface area contributed by atoms with E-state index in [1.807, 2.05) is 34.1 Å². The van der Waals surface area contributed by atoms with E-state index in [0.717, 1.165) is 22.8 Å². The molecule has 1 aromatic heterocycles. The van der Waals surface area contributed by atoms with Gasteiger partial charge in [-0.3, -0.25) is 4.79 Å². The zero-order chi connectivity index (χ0) is 23.4. The predicted octanol–water partition coefficient (Wildman–Crippen LogP) is 2.67. The Morgan fingerprint density at radius 2 is 1.70 bits per heavy atom. The smallest absolute Gasteiger partial charge is 0.236 e. The second kappa shape index (κ2) is 9.91. The van der Waals surface area contributed by atoms with E-state index in [9.17, 15) is 13.6 Å². The number of halogens is 2. The van der Waals surface area contributed by atoms with Crippen LogP contribution in [0.4, 0.5) is 20.4 Å². The maximum absolute atomic E-state index is 14.1. The fourth-order valence-electron chi connectivity index (χ4n) is 3.89. The SMILES string of the molecule is CN(Cc1cccc(-c2cnc(N3CCN(c4ccc(F)cc4F)CC3)nc2)c1)C(=O)CN. The summed E-state index contributed by atoms with van der Waals surface area (Å²) < 4.78 is 27.2. The number of carbonyl (C=O) groups excluding carboxylic acids is 1. The zero-order valence-electron chi connectivity index (χ0n) is 18.4. The molecule has 0 atom stereocenters. The van der Waals surface area contributed by atoms with Crippen LogP contribution in [0.15, 0.2) is 54.9 Å². The van der Waals surface area contributed by atoms with E-state index in [0.29, 0.717) is 44.4 Å². The third-order valence-electron chi connectivity index (χ3n) is 5.73. The maximum Gasteiger partial charge on any atom is 0.236 e. The molecular weight excluding hydrogens is 426 g/mol. The topological polar surface area (TPSA) is 78.6 Å². The molecule has 0 spiro atoms. The van der Waals surface area contributed by atoms with Crippen molar-refractivity contribution in [1.29, 1.82) is 0 Å². The van der Waals surface area contributed by atoms with Crippen molar-refractivity contribution in [2.24, 2.45) is 5.73 Å². The van der Waals surface area contributed by atoms with Crippen LogP contribution in [0.2, 0.25) is 0 Å². The van der Waals surface area contributed by atoms with E-state index in [-0.39, 0.29) is 12.5 Å². The van der Waals surface area contributed by atoms with Crippen LogP contribution in [0.3, 0.4) is 0 Å². The van der Waals surface area contributed by atoms with Gasteiger partial charge in [0, 0.05) is 63.8 Å². The lowest BCUT2D eigenvalue weighted by Gasteiger charge is -2.36. The summed E-state index contributed by atoms with van der Waals surface area (Å²) in [7, 11) is 1.73. The van der Waals surface area contributed by atoms with Gasteiger partial charge in [-0.25, -0.2) is 18.7 Å². The van der Waals surface area contributed by atoms with Gasteiger partial charge in [-0.15, -0.1) is 0 Å². The molecule has 0 aliphatic carbocycles. The molecule has 9 heteroatoms. The molecule has 33 heavy (non-hydrogen) atoms. The van der Waals surface area contributed by atoms with Crippen molar-refractivity contribution in [3.8, 4) is 11.1 Å². The molecule has 7 nitrogen and oxygen atoms in total. The molecule has 1 fully saturated rings. The fourth-order valence-corrected chi connectivity index (χ4v) is 3.89. The molecule has 1 saturated heterocycles. The molecular formula is C24H26F2N6O. The third-order valence-corrected chi connectivity index (χ3v) is 5.73. The number of piperazine rings is 1. The van der Waals surface area contributed by atoms with Gasteiger partial charge in [0.15, 0.2) is 0 Å². The molecule has 2 N–H and O–H groups in total. The van der Waals surface area contributed by atoms with Crippen molar-refractivity contribution in [3.63, 3.8) is 0 Å². The number of nitrogens with two attached hydrogens (primary N) is 1. The second-order valence-corrected chi connectivity index (χ2v) is 8.00. The molecule has 1 amide bonds. The zero-order valence-corrected chi connectivity index (χ0v) is 18.4. The number of aromatic nitrogens is 2. The van der Waals surface area contributed by atoms with Crippen LogP contribution in [0.25, 0.3) is 11.1 Å². The van der Waals surface area contributed by atoms with E-state index in [1.165, 1.54) is 12.1 Å². The molecule has 2 heterocycles. The Labute approximate surface area is 191 Å². The van der Waals surface area contributed by atoms with Crippen LogP contribution in [0.1, 0.15) is 5.56 Å². The molecule has 4 rings (SSSR count). The first-order valence-corrected chi connectivity index (χ1v) is 10.7. The summed E-state index contributed by atoms with van der Waals surface area (Å²) in [5.74, 6) is -0.632. The van der Waals surface area contributed by atoms with Gasteiger partial charge in [-0.2, -0.15) is 0 Å². The number of nitrogens with zero attached hydrogens (tertiary/aromatic N) is 5. The molecule has 1 aliphatic heterocycles. The highest BCUT2D eigenvalue weighted by Gasteiger charge is 2.21. The summed E-state index contributed by atoms with van der Waals surface area (Å²) in [5, 5.41) is 0. The quantitative estimate of drug-likeness (QED) is 0.620. The van der Waals surface area contributed by atoms with Gasteiger partial charge in [0.2, 0.25) is 11.9 Å². The highest BCUT2D eigenvalue weighted by molar-refractivity contribution is 5.77. The highest BCUT2D eigenvalue weighted by atomic mass is 19.1. The number of rotatable bonds is 6. The van der Waals surface area contributed by atoms with Crippen LogP contribution in [-0.2, 0) is 11.3 Å². The lowest BCUT2D eigenvalue weighted by Crippen LogP contribution is -2.47. The minimum atomic E-state index is -0.579. The van der Waals surface area contributed by atoms with E-state index < -0.39 is 11.6 Å². The number of amides is 1. The van der Waals surface area contributed by atoms with Crippen molar-refractivity contribution in [2.45, 2.75) is 6.54 Å². The van der Waals surface area contributed by atoms with Gasteiger partial charge >= 0.3 is 0 Å². The summed E-state index contributed by atoms with van der Waals surface area (Å²) in [6, 6.07) is 11.5. The number of likely N-dealkylation sites (N-methyl/N-ethyl adjacent to an activating group) is 1. The fraction of sp³-hybridized carbons (Fsp3) is 0.292. The summed E-state index contributed by atoms with van der Waals surface area (Å²) in [4.78, 5) is 26.3. The predicted molar refractivity (Wildman–Crippen MR) is 124 cm³/mol. The van der Waals surface area contributed by atoms with Crippen molar-refractivity contribution < 1.29 is 13.6 Å². The molecule has 0 unspecified atom stereocenters. The molecule has 0 bridgehead atoms. The Hall–Kier alpha value is -3.59. The number of carbonyl (C=O) groups is 1. The van der Waals surface area contributed by atoms with E-state index in [2.05, 4.69) is 9.97 Å². The lowest BCUT2D eigenvalue weighted by atomic mass is 10.1. The molecule has 2 aromatic carbocycles. The van der Waals surface area contributed by atoms with Crippen molar-refractivity contribution >= 4 is 17.5 Å². The largest absolute Gasteiger partial charge is 0.366 e. The van der Waals surface area contributed by atoms with E-state index >= 15 is 0 Å². The first-order valence-electron chi connectivity index (χ1n) is 10.7. The van der Waals surface area contributed by atoms with Gasteiger partial charge in [-0.05, 0) is 29.3 Å². The monoisotopic (exact) mass is 452 g/mol. The minimum absolute atomic E-state index is 0.0153. The molecule has 1 aliphatic rings.